The normalized spacial score (nSPS) is 14.4. The molecule has 2 aromatic rings. The van der Waals surface area contributed by atoms with E-state index in [1.54, 1.807) is 23.1 Å². The summed E-state index contributed by atoms with van der Waals surface area (Å²) in [6.07, 6.45) is 1.20. The van der Waals surface area contributed by atoms with E-state index >= 15 is 0 Å². The van der Waals surface area contributed by atoms with Gasteiger partial charge in [-0.25, -0.2) is 0 Å². The van der Waals surface area contributed by atoms with Crippen molar-refractivity contribution in [3.8, 4) is 11.5 Å². The Morgan fingerprint density at radius 1 is 1.13 bits per heavy atom. The first-order valence-corrected chi connectivity index (χ1v) is 10.5. The topological polar surface area (TPSA) is 81.9 Å². The summed E-state index contributed by atoms with van der Waals surface area (Å²) in [5.41, 5.74) is 7.68. The van der Waals surface area contributed by atoms with E-state index in [0.717, 1.165) is 11.1 Å². The quantitative estimate of drug-likeness (QED) is 0.720. The summed E-state index contributed by atoms with van der Waals surface area (Å²) in [5, 5.41) is 0.685. The molecule has 160 valence electrons. The van der Waals surface area contributed by atoms with Gasteiger partial charge in [-0.3, -0.25) is 9.59 Å². The van der Waals surface area contributed by atoms with Gasteiger partial charge in [0.25, 0.3) is 5.91 Å². The molecule has 0 saturated carbocycles. The first-order valence-electron chi connectivity index (χ1n) is 10.1. The minimum absolute atomic E-state index is 0.0652. The van der Waals surface area contributed by atoms with E-state index in [1.165, 1.54) is 0 Å². The van der Waals surface area contributed by atoms with E-state index in [4.69, 9.17) is 26.8 Å². The second-order valence-corrected chi connectivity index (χ2v) is 7.83. The van der Waals surface area contributed by atoms with Gasteiger partial charge >= 0.3 is 0 Å². The molecule has 30 heavy (non-hydrogen) atoms. The average Bonchev–Trinajstić information content (AvgIpc) is 2.75. The molecule has 7 heteroatoms. The number of nitrogens with two attached hydrogens (primary N) is 1. The third kappa shape index (κ3) is 5.25. The van der Waals surface area contributed by atoms with Gasteiger partial charge in [-0.2, -0.15) is 0 Å². The largest absolute Gasteiger partial charge is 0.493 e. The van der Waals surface area contributed by atoms with Crippen LogP contribution in [0.1, 0.15) is 41.3 Å². The number of likely N-dealkylation sites (tertiary alicyclic amines) is 1. The van der Waals surface area contributed by atoms with Gasteiger partial charge < -0.3 is 20.1 Å². The van der Waals surface area contributed by atoms with Crippen LogP contribution in [0.5, 0.6) is 11.5 Å². The van der Waals surface area contributed by atoms with Crippen LogP contribution in [0.25, 0.3) is 0 Å². The maximum atomic E-state index is 13.0. The minimum Gasteiger partial charge on any atom is -0.493 e. The molecule has 1 aliphatic rings. The lowest BCUT2D eigenvalue weighted by Gasteiger charge is -2.30. The molecule has 0 unspecified atom stereocenters. The molecule has 2 amide bonds. The number of ether oxygens (including phenoxy) is 2. The van der Waals surface area contributed by atoms with E-state index in [0.29, 0.717) is 54.6 Å². The van der Waals surface area contributed by atoms with Crippen LogP contribution in [-0.2, 0) is 11.4 Å². The molecule has 0 spiro atoms. The van der Waals surface area contributed by atoms with Gasteiger partial charge in [0.05, 0.1) is 6.61 Å². The van der Waals surface area contributed by atoms with Gasteiger partial charge in [0.2, 0.25) is 5.91 Å². The van der Waals surface area contributed by atoms with Crippen LogP contribution in [-0.4, -0.2) is 36.4 Å². The lowest BCUT2D eigenvalue weighted by Crippen LogP contribution is -2.41. The standard InChI is InChI=1S/C23H27ClN2O4/c1-3-29-21-7-4-17(23(28)26-10-8-16(9-11-26)22(25)27)13-18(21)14-30-19-5-6-20(24)15(2)12-19/h4-7,12-13,16H,3,8-11,14H2,1-2H3,(H2,25,27). The predicted octanol–water partition coefficient (Wildman–Crippen LogP) is 3.96. The van der Waals surface area contributed by atoms with Crippen molar-refractivity contribution in [3.05, 3.63) is 58.1 Å². The van der Waals surface area contributed by atoms with Gasteiger partial charge in [-0.05, 0) is 68.7 Å². The molecule has 1 aliphatic heterocycles. The molecule has 6 nitrogen and oxygen atoms in total. The summed E-state index contributed by atoms with van der Waals surface area (Å²) >= 11 is 6.08. The zero-order valence-corrected chi connectivity index (χ0v) is 18.1. The molecule has 0 radical (unpaired) electrons. The van der Waals surface area contributed by atoms with Gasteiger partial charge in [0, 0.05) is 35.2 Å². The Hall–Kier alpha value is -2.73. The third-order valence-electron chi connectivity index (χ3n) is 5.32. The molecule has 2 aromatic carbocycles. The fraction of sp³-hybridized carbons (Fsp3) is 0.391. The highest BCUT2D eigenvalue weighted by molar-refractivity contribution is 6.31. The van der Waals surface area contributed by atoms with Crippen LogP contribution in [0.3, 0.4) is 0 Å². The predicted molar refractivity (Wildman–Crippen MR) is 116 cm³/mol. The molecule has 1 fully saturated rings. The Bertz CT molecular complexity index is 923. The Kier molecular flexibility index (Phi) is 7.21. The maximum Gasteiger partial charge on any atom is 0.253 e. The zero-order valence-electron chi connectivity index (χ0n) is 17.3. The highest BCUT2D eigenvalue weighted by atomic mass is 35.5. The van der Waals surface area contributed by atoms with Gasteiger partial charge in [-0.15, -0.1) is 0 Å². The van der Waals surface area contributed by atoms with Crippen molar-refractivity contribution in [3.63, 3.8) is 0 Å². The molecule has 2 N–H and O–H groups in total. The number of piperidine rings is 1. The number of benzene rings is 2. The van der Waals surface area contributed by atoms with Crippen LogP contribution in [0.15, 0.2) is 36.4 Å². The number of rotatable bonds is 7. The van der Waals surface area contributed by atoms with E-state index in [1.807, 2.05) is 32.0 Å². The van der Waals surface area contributed by atoms with Gasteiger partial charge in [-0.1, -0.05) is 11.6 Å². The SMILES string of the molecule is CCOc1ccc(C(=O)N2CCC(C(N)=O)CC2)cc1COc1ccc(Cl)c(C)c1. The Balaban J connectivity index is 1.74. The van der Waals surface area contributed by atoms with Crippen molar-refractivity contribution in [2.24, 2.45) is 11.7 Å². The maximum absolute atomic E-state index is 13.0. The highest BCUT2D eigenvalue weighted by Crippen LogP contribution is 2.26. The number of aryl methyl sites for hydroxylation is 1. The van der Waals surface area contributed by atoms with Crippen LogP contribution in [0, 0.1) is 12.8 Å². The fourth-order valence-electron chi connectivity index (χ4n) is 3.54. The summed E-state index contributed by atoms with van der Waals surface area (Å²) in [4.78, 5) is 26.1. The van der Waals surface area contributed by atoms with Crippen LogP contribution in [0.2, 0.25) is 5.02 Å². The molecule has 0 atom stereocenters. The summed E-state index contributed by atoms with van der Waals surface area (Å²) in [5.74, 6) is 0.877. The molecule has 0 aliphatic carbocycles. The van der Waals surface area contributed by atoms with E-state index < -0.39 is 0 Å². The van der Waals surface area contributed by atoms with Crippen molar-refractivity contribution in [1.82, 2.24) is 4.90 Å². The zero-order chi connectivity index (χ0) is 21.7. The second kappa shape index (κ2) is 9.85. The first-order chi connectivity index (χ1) is 14.4. The van der Waals surface area contributed by atoms with E-state index in [2.05, 4.69) is 0 Å². The second-order valence-electron chi connectivity index (χ2n) is 7.42. The van der Waals surface area contributed by atoms with Crippen molar-refractivity contribution in [1.29, 1.82) is 0 Å². The number of carbonyl (C=O) groups excluding carboxylic acids is 2. The van der Waals surface area contributed by atoms with Gasteiger partial charge in [0.15, 0.2) is 0 Å². The third-order valence-corrected chi connectivity index (χ3v) is 5.74. The number of hydrogen-bond acceptors (Lipinski definition) is 4. The van der Waals surface area contributed by atoms with Crippen LogP contribution >= 0.6 is 11.6 Å². The summed E-state index contributed by atoms with van der Waals surface area (Å²) in [6.45, 7) is 5.66. The lowest BCUT2D eigenvalue weighted by atomic mass is 9.95. The fourth-order valence-corrected chi connectivity index (χ4v) is 3.66. The number of amides is 2. The van der Waals surface area contributed by atoms with Crippen LogP contribution < -0.4 is 15.2 Å². The molecule has 1 saturated heterocycles. The summed E-state index contributed by atoms with van der Waals surface area (Å²) in [6, 6.07) is 10.9. The van der Waals surface area contributed by atoms with Crippen molar-refractivity contribution < 1.29 is 19.1 Å². The van der Waals surface area contributed by atoms with Crippen molar-refractivity contribution >= 4 is 23.4 Å². The highest BCUT2D eigenvalue weighted by Gasteiger charge is 2.26. The summed E-state index contributed by atoms with van der Waals surface area (Å²) in [7, 11) is 0. The van der Waals surface area contributed by atoms with E-state index in [9.17, 15) is 9.59 Å². The van der Waals surface area contributed by atoms with Crippen molar-refractivity contribution in [2.75, 3.05) is 19.7 Å². The number of hydrogen-bond donors (Lipinski definition) is 1. The first kappa shape index (κ1) is 22.0. The Morgan fingerprint density at radius 2 is 1.87 bits per heavy atom. The summed E-state index contributed by atoms with van der Waals surface area (Å²) < 4.78 is 11.6. The molecule has 0 bridgehead atoms. The number of halogens is 1. The molecule has 0 aromatic heterocycles. The molecule has 1 heterocycles. The molecule has 3 rings (SSSR count). The molecular formula is C23H27ClN2O4. The van der Waals surface area contributed by atoms with Gasteiger partial charge in [0.1, 0.15) is 18.1 Å². The lowest BCUT2D eigenvalue weighted by molar-refractivity contribution is -0.123. The number of primary amides is 1. The minimum atomic E-state index is -0.292. The average molecular weight is 431 g/mol. The smallest absolute Gasteiger partial charge is 0.253 e. The van der Waals surface area contributed by atoms with E-state index in [-0.39, 0.29) is 24.3 Å². The number of carbonyl (C=O) groups is 2. The van der Waals surface area contributed by atoms with Crippen LogP contribution in [0.4, 0.5) is 0 Å². The van der Waals surface area contributed by atoms with Crippen molar-refractivity contribution in [2.45, 2.75) is 33.3 Å². The Labute approximate surface area is 181 Å². The Morgan fingerprint density at radius 3 is 2.50 bits per heavy atom. The number of nitrogens with zero attached hydrogens (tertiary/aromatic N) is 1. The monoisotopic (exact) mass is 430 g/mol. The molecular weight excluding hydrogens is 404 g/mol.